The van der Waals surface area contributed by atoms with Gasteiger partial charge in [-0.05, 0) is 69.0 Å². The predicted molar refractivity (Wildman–Crippen MR) is 104 cm³/mol. The molecule has 0 saturated carbocycles. The van der Waals surface area contributed by atoms with Gasteiger partial charge in [0.1, 0.15) is 11.8 Å². The van der Waals surface area contributed by atoms with Gasteiger partial charge in [0, 0.05) is 18.9 Å². The molecule has 28 heavy (non-hydrogen) atoms. The molecule has 0 radical (unpaired) electrons. The van der Waals surface area contributed by atoms with Crippen molar-refractivity contribution in [1.82, 2.24) is 20.4 Å². The lowest BCUT2D eigenvalue weighted by molar-refractivity contribution is -0.119. The Morgan fingerprint density at radius 1 is 1.21 bits per heavy atom. The molecule has 1 atom stereocenters. The number of rotatable bonds is 5. The van der Waals surface area contributed by atoms with Gasteiger partial charge < -0.3 is 14.6 Å². The average Bonchev–Trinajstić information content (AvgIpc) is 3.35. The number of nitrogens with zero attached hydrogens (tertiary/aromatic N) is 3. The van der Waals surface area contributed by atoms with E-state index in [4.69, 9.17) is 9.26 Å². The quantitative estimate of drug-likeness (QED) is 0.853. The summed E-state index contributed by atoms with van der Waals surface area (Å²) in [6.07, 6.45) is 3.30. The van der Waals surface area contributed by atoms with Crippen LogP contribution in [0, 0.1) is 13.8 Å². The summed E-state index contributed by atoms with van der Waals surface area (Å²) >= 11 is 0. The van der Waals surface area contributed by atoms with Crippen molar-refractivity contribution in [2.24, 2.45) is 0 Å². The number of piperidine rings is 1. The first-order valence-electron chi connectivity index (χ1n) is 10.0. The number of ether oxygens (including phenoxy) is 1. The minimum atomic E-state index is -0.116. The van der Waals surface area contributed by atoms with Crippen LogP contribution < -0.4 is 10.1 Å². The molecule has 2 aliphatic rings. The van der Waals surface area contributed by atoms with Crippen molar-refractivity contribution in [2.75, 3.05) is 20.2 Å². The molecule has 1 N–H and O–H groups in total. The van der Waals surface area contributed by atoms with Crippen LogP contribution in [0.2, 0.25) is 0 Å². The molecule has 4 rings (SSSR count). The highest BCUT2D eigenvalue weighted by Crippen LogP contribution is 2.30. The average molecular weight is 384 g/mol. The number of carbonyl (C=O) groups is 1. The zero-order valence-corrected chi connectivity index (χ0v) is 16.8. The summed E-state index contributed by atoms with van der Waals surface area (Å²) in [7, 11) is 1.72. The van der Waals surface area contributed by atoms with Crippen molar-refractivity contribution in [3.8, 4) is 5.75 Å². The van der Waals surface area contributed by atoms with E-state index < -0.39 is 0 Å². The van der Waals surface area contributed by atoms with Gasteiger partial charge in [0.05, 0.1) is 7.11 Å². The third-order valence-electron chi connectivity index (χ3n) is 6.17. The fraction of sp³-hybridized carbons (Fsp3) is 0.571. The van der Waals surface area contributed by atoms with Crippen LogP contribution in [0.3, 0.4) is 0 Å². The monoisotopic (exact) mass is 384 g/mol. The number of aromatic nitrogens is 2. The van der Waals surface area contributed by atoms with Crippen LogP contribution >= 0.6 is 0 Å². The van der Waals surface area contributed by atoms with E-state index >= 15 is 0 Å². The third kappa shape index (κ3) is 3.76. The fourth-order valence-electron chi connectivity index (χ4n) is 4.19. The van der Waals surface area contributed by atoms with Crippen LogP contribution in [0.4, 0.5) is 0 Å². The summed E-state index contributed by atoms with van der Waals surface area (Å²) in [4.78, 5) is 18.5. The number of benzene rings is 1. The standard InChI is InChI=1S/C21H28N4O3/c1-13-14(2)18(27-3)6-4-16(13)12-25-10-8-15(9-11-25)20-23-21(28-24-20)17-5-7-19(26)22-17/h4,6,15,17H,5,7-12H2,1-3H3,(H,22,26)/t17-/m1/s1. The number of likely N-dealkylation sites (tertiary alicyclic amines) is 1. The molecule has 0 aliphatic carbocycles. The predicted octanol–water partition coefficient (Wildman–Crippen LogP) is 3.03. The second-order valence-electron chi connectivity index (χ2n) is 7.88. The van der Waals surface area contributed by atoms with Crippen LogP contribution in [-0.2, 0) is 11.3 Å². The Hall–Kier alpha value is -2.41. The molecule has 3 heterocycles. The molecule has 2 fully saturated rings. The van der Waals surface area contributed by atoms with E-state index in [9.17, 15) is 4.79 Å². The Balaban J connectivity index is 1.34. The van der Waals surface area contributed by atoms with Crippen molar-refractivity contribution in [2.45, 2.75) is 58.0 Å². The number of amides is 1. The third-order valence-corrected chi connectivity index (χ3v) is 6.17. The first-order valence-corrected chi connectivity index (χ1v) is 10.0. The molecule has 0 bridgehead atoms. The lowest BCUT2D eigenvalue weighted by Gasteiger charge is -2.31. The second kappa shape index (κ2) is 7.91. The van der Waals surface area contributed by atoms with Crippen molar-refractivity contribution >= 4 is 5.91 Å². The van der Waals surface area contributed by atoms with Gasteiger partial charge in [-0.25, -0.2) is 0 Å². The van der Waals surface area contributed by atoms with Crippen LogP contribution in [0.1, 0.15) is 66.0 Å². The Morgan fingerprint density at radius 3 is 2.68 bits per heavy atom. The second-order valence-corrected chi connectivity index (χ2v) is 7.88. The maximum Gasteiger partial charge on any atom is 0.249 e. The van der Waals surface area contributed by atoms with Crippen molar-refractivity contribution in [3.05, 3.63) is 40.5 Å². The lowest BCUT2D eigenvalue weighted by Crippen LogP contribution is -2.33. The molecule has 1 aromatic heterocycles. The first kappa shape index (κ1) is 18.9. The number of hydrogen-bond acceptors (Lipinski definition) is 6. The molecular weight excluding hydrogens is 356 g/mol. The number of nitrogens with one attached hydrogen (secondary N) is 1. The number of methoxy groups -OCH3 is 1. The summed E-state index contributed by atoms with van der Waals surface area (Å²) in [5.74, 6) is 2.66. The molecular formula is C21H28N4O3. The molecule has 150 valence electrons. The first-order chi connectivity index (χ1) is 13.5. The van der Waals surface area contributed by atoms with Gasteiger partial charge in [-0.2, -0.15) is 4.98 Å². The Kier molecular flexibility index (Phi) is 5.35. The van der Waals surface area contributed by atoms with Gasteiger partial charge in [-0.15, -0.1) is 0 Å². The minimum Gasteiger partial charge on any atom is -0.496 e. The SMILES string of the molecule is COc1ccc(CN2CCC(c3noc([C@H]4CCC(=O)N4)n3)CC2)c(C)c1C. The van der Waals surface area contributed by atoms with Gasteiger partial charge >= 0.3 is 0 Å². The largest absolute Gasteiger partial charge is 0.496 e. The summed E-state index contributed by atoms with van der Waals surface area (Å²) < 4.78 is 10.8. The molecule has 2 aliphatic heterocycles. The molecule has 2 aromatic rings. The molecule has 2 saturated heterocycles. The summed E-state index contributed by atoms with van der Waals surface area (Å²) in [5, 5.41) is 7.08. The summed E-state index contributed by atoms with van der Waals surface area (Å²) in [6, 6.07) is 4.12. The van der Waals surface area contributed by atoms with E-state index in [1.807, 2.05) is 0 Å². The van der Waals surface area contributed by atoms with E-state index in [0.717, 1.165) is 50.5 Å². The lowest BCUT2D eigenvalue weighted by atomic mass is 9.95. The van der Waals surface area contributed by atoms with Gasteiger partial charge in [-0.3, -0.25) is 9.69 Å². The molecule has 0 spiro atoms. The van der Waals surface area contributed by atoms with Crippen LogP contribution in [0.5, 0.6) is 5.75 Å². The zero-order chi connectivity index (χ0) is 19.7. The summed E-state index contributed by atoms with van der Waals surface area (Å²) in [5.41, 5.74) is 3.88. The molecule has 0 unspecified atom stereocenters. The normalized spacial score (nSPS) is 21.1. The molecule has 7 nitrogen and oxygen atoms in total. The van der Waals surface area contributed by atoms with Gasteiger partial charge in [-0.1, -0.05) is 11.2 Å². The topological polar surface area (TPSA) is 80.5 Å². The van der Waals surface area contributed by atoms with Gasteiger partial charge in [0.15, 0.2) is 5.82 Å². The zero-order valence-electron chi connectivity index (χ0n) is 16.8. The molecule has 1 aromatic carbocycles. The highest BCUT2D eigenvalue weighted by Gasteiger charge is 2.30. The fourth-order valence-corrected chi connectivity index (χ4v) is 4.19. The Morgan fingerprint density at radius 2 is 2.00 bits per heavy atom. The smallest absolute Gasteiger partial charge is 0.249 e. The van der Waals surface area contributed by atoms with Crippen LogP contribution in [-0.4, -0.2) is 41.1 Å². The van der Waals surface area contributed by atoms with Gasteiger partial charge in [0.25, 0.3) is 0 Å². The maximum absolute atomic E-state index is 11.4. The van der Waals surface area contributed by atoms with E-state index in [1.54, 1.807) is 7.11 Å². The Bertz CT molecular complexity index is 855. The molecule has 7 heteroatoms. The van der Waals surface area contributed by atoms with E-state index in [2.05, 4.69) is 46.3 Å². The highest BCUT2D eigenvalue weighted by atomic mass is 16.5. The van der Waals surface area contributed by atoms with Crippen molar-refractivity contribution in [3.63, 3.8) is 0 Å². The van der Waals surface area contributed by atoms with Crippen LogP contribution in [0.25, 0.3) is 0 Å². The van der Waals surface area contributed by atoms with E-state index in [1.165, 1.54) is 16.7 Å². The van der Waals surface area contributed by atoms with Crippen molar-refractivity contribution in [1.29, 1.82) is 0 Å². The van der Waals surface area contributed by atoms with Crippen molar-refractivity contribution < 1.29 is 14.1 Å². The maximum atomic E-state index is 11.4. The van der Waals surface area contributed by atoms with Crippen LogP contribution in [0.15, 0.2) is 16.7 Å². The minimum absolute atomic E-state index is 0.0575. The Labute approximate surface area is 165 Å². The van der Waals surface area contributed by atoms with E-state index in [-0.39, 0.29) is 11.9 Å². The highest BCUT2D eigenvalue weighted by molar-refractivity contribution is 5.78. The van der Waals surface area contributed by atoms with Gasteiger partial charge in [0.2, 0.25) is 11.8 Å². The van der Waals surface area contributed by atoms with E-state index in [0.29, 0.717) is 18.2 Å². The number of carbonyl (C=O) groups excluding carboxylic acids is 1. The molecule has 1 amide bonds. The summed E-state index contributed by atoms with van der Waals surface area (Å²) in [6.45, 7) is 7.26. The number of hydrogen-bond donors (Lipinski definition) is 1.